The van der Waals surface area contributed by atoms with Crippen molar-refractivity contribution in [3.8, 4) is 0 Å². The van der Waals surface area contributed by atoms with Gasteiger partial charge >= 0.3 is 0 Å². The van der Waals surface area contributed by atoms with Gasteiger partial charge in [0.15, 0.2) is 0 Å². The minimum absolute atomic E-state index is 0.162. The summed E-state index contributed by atoms with van der Waals surface area (Å²) in [4.78, 5) is 14.2. The number of halogens is 1. The highest BCUT2D eigenvalue weighted by Crippen LogP contribution is 2.23. The van der Waals surface area contributed by atoms with E-state index in [0.29, 0.717) is 5.92 Å². The third-order valence-electron chi connectivity index (χ3n) is 3.30. The summed E-state index contributed by atoms with van der Waals surface area (Å²) in [7, 11) is 0. The summed E-state index contributed by atoms with van der Waals surface area (Å²) in [6.07, 6.45) is 2.21. The molecule has 0 bridgehead atoms. The lowest BCUT2D eigenvalue weighted by Gasteiger charge is -2.34. The maximum atomic E-state index is 12.3. The van der Waals surface area contributed by atoms with Gasteiger partial charge in [0.25, 0.3) is 5.91 Å². The van der Waals surface area contributed by atoms with Crippen LogP contribution in [0.3, 0.4) is 0 Å². The van der Waals surface area contributed by atoms with E-state index in [1.54, 1.807) is 11.3 Å². The molecule has 1 fully saturated rings. The van der Waals surface area contributed by atoms with Crippen LogP contribution in [0, 0.1) is 8.80 Å². The van der Waals surface area contributed by atoms with Crippen LogP contribution in [0.4, 0.5) is 0 Å². The standard InChI is InChI=1S/C12H17IN2OS/c1-8(14)9-3-2-4-15(6-9)12(16)10-5-11(13)17-7-10/h5,7-9H,2-4,6,14H2,1H3. The second kappa shape index (κ2) is 5.67. The Balaban J connectivity index is 2.04. The normalized spacial score (nSPS) is 22.5. The number of nitrogens with two attached hydrogens (primary N) is 1. The summed E-state index contributed by atoms with van der Waals surface area (Å²) in [5.41, 5.74) is 6.76. The van der Waals surface area contributed by atoms with Gasteiger partial charge in [-0.15, -0.1) is 11.3 Å². The number of carbonyl (C=O) groups is 1. The van der Waals surface area contributed by atoms with Crippen molar-refractivity contribution in [2.75, 3.05) is 13.1 Å². The van der Waals surface area contributed by atoms with Gasteiger partial charge in [0.05, 0.1) is 8.45 Å². The van der Waals surface area contributed by atoms with E-state index in [-0.39, 0.29) is 11.9 Å². The van der Waals surface area contributed by atoms with Crippen LogP contribution in [0.2, 0.25) is 0 Å². The number of carbonyl (C=O) groups excluding carboxylic acids is 1. The Morgan fingerprint density at radius 3 is 3.06 bits per heavy atom. The number of hydrogen-bond acceptors (Lipinski definition) is 3. The molecule has 2 rings (SSSR count). The molecule has 5 heteroatoms. The molecule has 1 aromatic rings. The molecule has 0 aromatic carbocycles. The fraction of sp³-hybridized carbons (Fsp3) is 0.583. The number of likely N-dealkylation sites (tertiary alicyclic amines) is 1. The number of nitrogens with zero attached hydrogens (tertiary/aromatic N) is 1. The minimum atomic E-state index is 0.162. The minimum Gasteiger partial charge on any atom is -0.338 e. The van der Waals surface area contributed by atoms with Crippen LogP contribution in [0.15, 0.2) is 11.4 Å². The number of amides is 1. The number of rotatable bonds is 2. The fourth-order valence-electron chi connectivity index (χ4n) is 2.23. The Kier molecular flexibility index (Phi) is 4.43. The molecule has 0 aliphatic carbocycles. The first-order valence-electron chi connectivity index (χ1n) is 5.87. The van der Waals surface area contributed by atoms with Gasteiger partial charge in [-0.2, -0.15) is 0 Å². The smallest absolute Gasteiger partial charge is 0.254 e. The molecule has 1 saturated heterocycles. The first kappa shape index (κ1) is 13.3. The molecule has 0 spiro atoms. The lowest BCUT2D eigenvalue weighted by atomic mass is 9.92. The van der Waals surface area contributed by atoms with E-state index < -0.39 is 0 Å². The average Bonchev–Trinajstić information content (AvgIpc) is 2.75. The van der Waals surface area contributed by atoms with Gasteiger partial charge in [-0.1, -0.05) is 0 Å². The van der Waals surface area contributed by atoms with Crippen molar-refractivity contribution in [2.24, 2.45) is 11.7 Å². The van der Waals surface area contributed by atoms with Crippen molar-refractivity contribution in [3.05, 3.63) is 19.9 Å². The summed E-state index contributed by atoms with van der Waals surface area (Å²) in [5.74, 6) is 0.611. The van der Waals surface area contributed by atoms with Gasteiger partial charge in [-0.25, -0.2) is 0 Å². The van der Waals surface area contributed by atoms with Crippen molar-refractivity contribution < 1.29 is 4.79 Å². The van der Waals surface area contributed by atoms with Crippen molar-refractivity contribution in [2.45, 2.75) is 25.8 Å². The van der Waals surface area contributed by atoms with Gasteiger partial charge in [0.1, 0.15) is 0 Å². The maximum absolute atomic E-state index is 12.3. The zero-order chi connectivity index (χ0) is 12.4. The Labute approximate surface area is 120 Å². The molecule has 2 atom stereocenters. The quantitative estimate of drug-likeness (QED) is 0.820. The molecular weight excluding hydrogens is 347 g/mol. The van der Waals surface area contributed by atoms with Crippen LogP contribution in [0.25, 0.3) is 0 Å². The Morgan fingerprint density at radius 2 is 2.47 bits per heavy atom. The average molecular weight is 364 g/mol. The van der Waals surface area contributed by atoms with Gasteiger partial charge in [0.2, 0.25) is 0 Å². The molecule has 17 heavy (non-hydrogen) atoms. The Bertz CT molecular complexity index is 405. The molecule has 0 radical (unpaired) electrons. The SMILES string of the molecule is CC(N)C1CCCN(C(=O)c2csc(I)c2)C1. The third kappa shape index (κ3) is 3.20. The predicted molar refractivity (Wildman–Crippen MR) is 79.3 cm³/mol. The van der Waals surface area contributed by atoms with Crippen molar-refractivity contribution in [1.29, 1.82) is 0 Å². The summed E-state index contributed by atoms with van der Waals surface area (Å²) in [6.45, 7) is 3.71. The highest BCUT2D eigenvalue weighted by Gasteiger charge is 2.26. The summed E-state index contributed by atoms with van der Waals surface area (Å²) < 4.78 is 1.16. The van der Waals surface area contributed by atoms with Crippen LogP contribution in [-0.4, -0.2) is 29.9 Å². The molecule has 2 N–H and O–H groups in total. The molecule has 94 valence electrons. The van der Waals surface area contributed by atoms with Crippen LogP contribution in [0.1, 0.15) is 30.1 Å². The molecule has 3 nitrogen and oxygen atoms in total. The highest BCUT2D eigenvalue weighted by atomic mass is 127. The van der Waals surface area contributed by atoms with Crippen LogP contribution < -0.4 is 5.73 Å². The molecule has 1 aliphatic rings. The molecule has 1 aliphatic heterocycles. The van der Waals surface area contributed by atoms with Crippen LogP contribution in [-0.2, 0) is 0 Å². The van der Waals surface area contributed by atoms with E-state index in [9.17, 15) is 4.79 Å². The largest absolute Gasteiger partial charge is 0.338 e. The third-order valence-corrected chi connectivity index (χ3v) is 5.09. The molecule has 2 unspecified atom stereocenters. The van der Waals surface area contributed by atoms with Gasteiger partial charge in [0, 0.05) is 24.5 Å². The molecule has 0 saturated carbocycles. The van der Waals surface area contributed by atoms with E-state index in [0.717, 1.165) is 34.4 Å². The predicted octanol–water partition coefficient (Wildman–Crippen LogP) is 2.55. The van der Waals surface area contributed by atoms with E-state index in [1.165, 1.54) is 0 Å². The summed E-state index contributed by atoms with van der Waals surface area (Å²) in [5, 5.41) is 1.94. The number of hydrogen-bond donors (Lipinski definition) is 1. The van der Waals surface area contributed by atoms with Crippen LogP contribution in [0.5, 0.6) is 0 Å². The second-order valence-electron chi connectivity index (χ2n) is 4.65. The lowest BCUT2D eigenvalue weighted by Crippen LogP contribution is -2.44. The van der Waals surface area contributed by atoms with Crippen molar-refractivity contribution >= 4 is 39.8 Å². The monoisotopic (exact) mass is 364 g/mol. The maximum Gasteiger partial charge on any atom is 0.254 e. The second-order valence-corrected chi connectivity index (χ2v) is 7.46. The molecule has 2 heterocycles. The van der Waals surface area contributed by atoms with Crippen molar-refractivity contribution in [3.63, 3.8) is 0 Å². The number of piperidine rings is 1. The van der Waals surface area contributed by atoms with E-state index >= 15 is 0 Å². The summed E-state index contributed by atoms with van der Waals surface area (Å²) in [6, 6.07) is 2.14. The molecular formula is C12H17IN2OS. The van der Waals surface area contributed by atoms with Crippen LogP contribution >= 0.6 is 33.9 Å². The molecule has 1 aromatic heterocycles. The topological polar surface area (TPSA) is 46.3 Å². The Hall–Kier alpha value is -0.140. The van der Waals surface area contributed by atoms with E-state index in [1.807, 2.05) is 23.3 Å². The first-order valence-corrected chi connectivity index (χ1v) is 7.82. The zero-order valence-electron chi connectivity index (χ0n) is 9.86. The van der Waals surface area contributed by atoms with E-state index in [4.69, 9.17) is 5.73 Å². The summed E-state index contributed by atoms with van der Waals surface area (Å²) >= 11 is 3.87. The van der Waals surface area contributed by atoms with Crippen molar-refractivity contribution in [1.82, 2.24) is 4.90 Å². The molecule has 1 amide bonds. The number of thiophene rings is 1. The zero-order valence-corrected chi connectivity index (χ0v) is 12.8. The van der Waals surface area contributed by atoms with Gasteiger partial charge < -0.3 is 10.6 Å². The first-order chi connectivity index (χ1) is 8.08. The fourth-order valence-corrected chi connectivity index (χ4v) is 3.55. The lowest BCUT2D eigenvalue weighted by molar-refractivity contribution is 0.0661. The van der Waals surface area contributed by atoms with Gasteiger partial charge in [-0.05, 0) is 54.3 Å². The van der Waals surface area contributed by atoms with Gasteiger partial charge in [-0.3, -0.25) is 4.79 Å². The Morgan fingerprint density at radius 1 is 1.71 bits per heavy atom. The highest BCUT2D eigenvalue weighted by molar-refractivity contribution is 14.1. The van der Waals surface area contributed by atoms with E-state index in [2.05, 4.69) is 22.6 Å².